The van der Waals surface area contributed by atoms with Crippen molar-refractivity contribution in [2.24, 2.45) is 11.8 Å². The van der Waals surface area contributed by atoms with E-state index in [4.69, 9.17) is 0 Å². The Balaban J connectivity index is 1.90. The van der Waals surface area contributed by atoms with Crippen molar-refractivity contribution in [1.29, 1.82) is 0 Å². The summed E-state index contributed by atoms with van der Waals surface area (Å²) in [6, 6.07) is 3.61. The summed E-state index contributed by atoms with van der Waals surface area (Å²) in [4.78, 5) is 10.4. The fraction of sp³-hybridized carbons (Fsp3) is 0.600. The Bertz CT molecular complexity index is 479. The molecule has 0 amide bonds. The number of halogens is 1. The Morgan fingerprint density at radius 3 is 2.95 bits per heavy atom. The van der Waals surface area contributed by atoms with Crippen LogP contribution in [-0.4, -0.2) is 11.5 Å². The molecule has 5 heteroatoms. The highest BCUT2D eigenvalue weighted by molar-refractivity contribution is 5.40. The molecule has 2 rings (SSSR count). The topological polar surface area (TPSA) is 55.2 Å². The smallest absolute Gasteiger partial charge is 0.274 e. The number of benzene rings is 1. The van der Waals surface area contributed by atoms with Crippen LogP contribution in [0.15, 0.2) is 18.2 Å². The summed E-state index contributed by atoms with van der Waals surface area (Å²) in [5.41, 5.74) is 0.398. The molecule has 1 saturated carbocycles. The van der Waals surface area contributed by atoms with Gasteiger partial charge in [-0.15, -0.1) is 0 Å². The van der Waals surface area contributed by atoms with Crippen molar-refractivity contribution < 1.29 is 9.31 Å². The molecule has 110 valence electrons. The Hall–Kier alpha value is -1.49. The second-order valence-electron chi connectivity index (χ2n) is 5.80. The first kappa shape index (κ1) is 14.9. The lowest BCUT2D eigenvalue weighted by Gasteiger charge is -2.26. The zero-order chi connectivity index (χ0) is 14.5. The maximum atomic E-state index is 13.2. The molecular weight excluding hydrogens is 259 g/mol. The predicted octanol–water partition coefficient (Wildman–Crippen LogP) is 3.65. The summed E-state index contributed by atoms with van der Waals surface area (Å²) >= 11 is 0. The summed E-state index contributed by atoms with van der Waals surface area (Å²) in [7, 11) is 0. The van der Waals surface area contributed by atoms with Gasteiger partial charge >= 0.3 is 0 Å². The maximum Gasteiger partial charge on any atom is 0.274 e. The summed E-state index contributed by atoms with van der Waals surface area (Å²) in [6.45, 7) is 3.46. The van der Waals surface area contributed by atoms with E-state index in [2.05, 4.69) is 12.2 Å². The van der Waals surface area contributed by atoms with Crippen LogP contribution in [0, 0.1) is 27.8 Å². The highest BCUT2D eigenvalue weighted by Crippen LogP contribution is 2.28. The summed E-state index contributed by atoms with van der Waals surface area (Å²) in [6.07, 6.45) is 4.97. The average molecular weight is 280 g/mol. The molecule has 2 atom stereocenters. The van der Waals surface area contributed by atoms with Gasteiger partial charge in [0.15, 0.2) is 0 Å². The maximum absolute atomic E-state index is 13.2. The standard InChI is InChI=1S/C15H21FN2O2/c1-11-3-2-4-12(7-11)9-17-10-13-8-14(16)5-6-15(13)18(19)20/h5-6,8,11-12,17H,2-4,7,9-10H2,1H3. The minimum Gasteiger partial charge on any atom is -0.312 e. The third-order valence-corrected chi connectivity index (χ3v) is 4.03. The lowest BCUT2D eigenvalue weighted by atomic mass is 9.82. The summed E-state index contributed by atoms with van der Waals surface area (Å²) in [5.74, 6) is 0.962. The first-order valence-electron chi connectivity index (χ1n) is 7.20. The van der Waals surface area contributed by atoms with E-state index in [1.165, 1.54) is 37.8 Å². The van der Waals surface area contributed by atoms with Gasteiger partial charge < -0.3 is 5.32 Å². The minimum atomic E-state index is -0.459. The fourth-order valence-electron chi connectivity index (χ4n) is 3.03. The number of nitrogens with zero attached hydrogens (tertiary/aromatic N) is 1. The van der Waals surface area contributed by atoms with E-state index in [0.29, 0.717) is 18.0 Å². The van der Waals surface area contributed by atoms with Crippen LogP contribution < -0.4 is 5.32 Å². The number of hydrogen-bond acceptors (Lipinski definition) is 3. The Morgan fingerprint density at radius 2 is 2.25 bits per heavy atom. The number of hydrogen-bond donors (Lipinski definition) is 1. The van der Waals surface area contributed by atoms with Gasteiger partial charge in [-0.3, -0.25) is 10.1 Å². The molecule has 1 aliphatic carbocycles. The first-order valence-corrected chi connectivity index (χ1v) is 7.20. The molecule has 0 aromatic heterocycles. The zero-order valence-electron chi connectivity index (χ0n) is 11.8. The summed E-state index contributed by atoms with van der Waals surface area (Å²) in [5, 5.41) is 14.1. The van der Waals surface area contributed by atoms with Crippen LogP contribution >= 0.6 is 0 Å². The van der Waals surface area contributed by atoms with E-state index in [-0.39, 0.29) is 5.69 Å². The normalized spacial score (nSPS) is 22.7. The van der Waals surface area contributed by atoms with Crippen molar-refractivity contribution in [2.75, 3.05) is 6.54 Å². The van der Waals surface area contributed by atoms with Gasteiger partial charge in [0.1, 0.15) is 5.82 Å². The van der Waals surface area contributed by atoms with Crippen molar-refractivity contribution in [1.82, 2.24) is 5.32 Å². The number of nitrogens with one attached hydrogen (secondary N) is 1. The van der Waals surface area contributed by atoms with Gasteiger partial charge in [0.2, 0.25) is 0 Å². The van der Waals surface area contributed by atoms with Gasteiger partial charge in [0.25, 0.3) is 5.69 Å². The molecule has 20 heavy (non-hydrogen) atoms. The number of rotatable bonds is 5. The molecule has 0 spiro atoms. The lowest BCUT2D eigenvalue weighted by molar-refractivity contribution is -0.385. The molecule has 0 saturated heterocycles. The molecule has 0 bridgehead atoms. The van der Waals surface area contributed by atoms with Crippen LogP contribution in [0.1, 0.15) is 38.2 Å². The third kappa shape index (κ3) is 4.00. The quantitative estimate of drug-likeness (QED) is 0.661. The van der Waals surface area contributed by atoms with Crippen LogP contribution in [0.5, 0.6) is 0 Å². The second-order valence-corrected chi connectivity index (χ2v) is 5.80. The second kappa shape index (κ2) is 6.79. The molecule has 0 heterocycles. The van der Waals surface area contributed by atoms with E-state index in [1.54, 1.807) is 0 Å². The third-order valence-electron chi connectivity index (χ3n) is 4.03. The van der Waals surface area contributed by atoms with E-state index < -0.39 is 10.7 Å². The van der Waals surface area contributed by atoms with Crippen LogP contribution in [0.25, 0.3) is 0 Å². The summed E-state index contributed by atoms with van der Waals surface area (Å²) < 4.78 is 13.2. The fourth-order valence-corrected chi connectivity index (χ4v) is 3.03. The Labute approximate surface area is 118 Å². The van der Waals surface area contributed by atoms with E-state index in [9.17, 15) is 14.5 Å². The van der Waals surface area contributed by atoms with Gasteiger partial charge in [0, 0.05) is 18.2 Å². The predicted molar refractivity (Wildman–Crippen MR) is 75.9 cm³/mol. The van der Waals surface area contributed by atoms with Gasteiger partial charge in [-0.2, -0.15) is 0 Å². The molecule has 1 aliphatic rings. The molecule has 1 aromatic rings. The molecule has 0 aliphatic heterocycles. The van der Waals surface area contributed by atoms with E-state index in [0.717, 1.165) is 18.5 Å². The van der Waals surface area contributed by atoms with Crippen LogP contribution in [0.4, 0.5) is 10.1 Å². The highest BCUT2D eigenvalue weighted by atomic mass is 19.1. The van der Waals surface area contributed by atoms with Gasteiger partial charge in [-0.05, 0) is 43.4 Å². The molecule has 1 aromatic carbocycles. The van der Waals surface area contributed by atoms with Crippen molar-refractivity contribution in [3.8, 4) is 0 Å². The van der Waals surface area contributed by atoms with Gasteiger partial charge in [-0.1, -0.05) is 19.8 Å². The number of nitro benzene ring substituents is 1. The molecule has 2 unspecified atom stereocenters. The van der Waals surface area contributed by atoms with Gasteiger partial charge in [0.05, 0.1) is 4.92 Å². The van der Waals surface area contributed by atoms with E-state index in [1.807, 2.05) is 0 Å². The van der Waals surface area contributed by atoms with Gasteiger partial charge in [-0.25, -0.2) is 4.39 Å². The molecular formula is C15H21FN2O2. The monoisotopic (exact) mass is 280 g/mol. The number of nitro groups is 1. The largest absolute Gasteiger partial charge is 0.312 e. The van der Waals surface area contributed by atoms with Crippen LogP contribution in [-0.2, 0) is 6.54 Å². The van der Waals surface area contributed by atoms with Crippen molar-refractivity contribution in [3.05, 3.63) is 39.7 Å². The molecule has 0 radical (unpaired) electrons. The van der Waals surface area contributed by atoms with Crippen LogP contribution in [0.2, 0.25) is 0 Å². The zero-order valence-corrected chi connectivity index (χ0v) is 11.8. The first-order chi connectivity index (χ1) is 9.56. The Kier molecular flexibility index (Phi) is 5.06. The highest BCUT2D eigenvalue weighted by Gasteiger charge is 2.19. The Morgan fingerprint density at radius 1 is 1.45 bits per heavy atom. The SMILES string of the molecule is CC1CCCC(CNCc2cc(F)ccc2[N+](=O)[O-])C1. The lowest BCUT2D eigenvalue weighted by Crippen LogP contribution is -2.26. The molecule has 1 fully saturated rings. The van der Waals surface area contributed by atoms with Crippen LogP contribution in [0.3, 0.4) is 0 Å². The minimum absolute atomic E-state index is 0.0177. The van der Waals surface area contributed by atoms with Crippen molar-refractivity contribution in [3.63, 3.8) is 0 Å². The average Bonchev–Trinajstić information content (AvgIpc) is 2.38. The molecule has 4 nitrogen and oxygen atoms in total. The molecule has 1 N–H and O–H groups in total. The van der Waals surface area contributed by atoms with E-state index >= 15 is 0 Å². The van der Waals surface area contributed by atoms with Crippen molar-refractivity contribution >= 4 is 5.69 Å². The van der Waals surface area contributed by atoms with Crippen molar-refractivity contribution in [2.45, 2.75) is 39.2 Å².